The molecule has 5 nitrogen and oxygen atoms in total. The standard InChI is InChI=1S/C14H25N3O2/c1-3-10-6-7-15-12(8-10)14(19)16-11-4-5-13(18)17(2)9-11/h10-12,15H,3-9H2,1-2H3,(H,16,19). The van der Waals surface area contributed by atoms with Gasteiger partial charge in [0.2, 0.25) is 11.8 Å². The fraction of sp³-hybridized carbons (Fsp3) is 0.857. The average molecular weight is 267 g/mol. The molecule has 0 aromatic carbocycles. The minimum atomic E-state index is -0.0540. The Morgan fingerprint density at radius 3 is 2.95 bits per heavy atom. The molecule has 0 spiro atoms. The van der Waals surface area contributed by atoms with Crippen molar-refractivity contribution in [2.75, 3.05) is 20.1 Å². The van der Waals surface area contributed by atoms with Gasteiger partial charge in [0.15, 0.2) is 0 Å². The van der Waals surface area contributed by atoms with E-state index in [2.05, 4.69) is 17.6 Å². The summed E-state index contributed by atoms with van der Waals surface area (Å²) in [5.41, 5.74) is 0. The van der Waals surface area contributed by atoms with Gasteiger partial charge in [-0.05, 0) is 31.7 Å². The van der Waals surface area contributed by atoms with Crippen molar-refractivity contribution in [3.05, 3.63) is 0 Å². The number of carbonyl (C=O) groups excluding carboxylic acids is 2. The predicted octanol–water partition coefficient (Wildman–Crippen LogP) is 0.502. The number of carbonyl (C=O) groups is 2. The summed E-state index contributed by atoms with van der Waals surface area (Å²) in [6.45, 7) is 3.75. The molecular weight excluding hydrogens is 242 g/mol. The van der Waals surface area contributed by atoms with Crippen molar-refractivity contribution in [2.24, 2.45) is 5.92 Å². The molecule has 3 unspecified atom stereocenters. The fourth-order valence-electron chi connectivity index (χ4n) is 3.00. The number of hydrogen-bond acceptors (Lipinski definition) is 3. The van der Waals surface area contributed by atoms with E-state index in [1.165, 1.54) is 6.42 Å². The third-order valence-electron chi connectivity index (χ3n) is 4.38. The van der Waals surface area contributed by atoms with E-state index in [0.717, 1.165) is 25.8 Å². The van der Waals surface area contributed by atoms with Gasteiger partial charge < -0.3 is 15.5 Å². The summed E-state index contributed by atoms with van der Waals surface area (Å²) in [5.74, 6) is 0.936. The van der Waals surface area contributed by atoms with Crippen molar-refractivity contribution in [1.29, 1.82) is 0 Å². The molecule has 2 saturated heterocycles. The average Bonchev–Trinajstić information content (AvgIpc) is 2.43. The number of likely N-dealkylation sites (N-methyl/N-ethyl adjacent to an activating group) is 1. The number of nitrogens with zero attached hydrogens (tertiary/aromatic N) is 1. The monoisotopic (exact) mass is 267 g/mol. The topological polar surface area (TPSA) is 61.4 Å². The second kappa shape index (κ2) is 6.37. The van der Waals surface area contributed by atoms with E-state index in [0.29, 0.717) is 18.9 Å². The maximum absolute atomic E-state index is 12.2. The first kappa shape index (κ1) is 14.3. The minimum Gasteiger partial charge on any atom is -0.350 e. The zero-order chi connectivity index (χ0) is 13.8. The summed E-state index contributed by atoms with van der Waals surface area (Å²) in [6.07, 6.45) is 4.55. The van der Waals surface area contributed by atoms with Crippen molar-refractivity contribution >= 4 is 11.8 Å². The molecule has 108 valence electrons. The summed E-state index contributed by atoms with van der Waals surface area (Å²) >= 11 is 0. The van der Waals surface area contributed by atoms with Gasteiger partial charge in [-0.2, -0.15) is 0 Å². The molecule has 0 saturated carbocycles. The number of nitrogens with one attached hydrogen (secondary N) is 2. The SMILES string of the molecule is CCC1CCNC(C(=O)NC2CCC(=O)N(C)C2)C1. The van der Waals surface area contributed by atoms with Gasteiger partial charge in [0, 0.05) is 26.1 Å². The van der Waals surface area contributed by atoms with Crippen molar-refractivity contribution in [3.8, 4) is 0 Å². The van der Waals surface area contributed by atoms with Gasteiger partial charge in [-0.3, -0.25) is 9.59 Å². The zero-order valence-electron chi connectivity index (χ0n) is 11.9. The van der Waals surface area contributed by atoms with Gasteiger partial charge in [0.25, 0.3) is 0 Å². The van der Waals surface area contributed by atoms with Gasteiger partial charge in [0.1, 0.15) is 0 Å². The molecule has 3 atom stereocenters. The summed E-state index contributed by atoms with van der Waals surface area (Å²) in [7, 11) is 1.80. The van der Waals surface area contributed by atoms with Crippen LogP contribution in [0.15, 0.2) is 0 Å². The third-order valence-corrected chi connectivity index (χ3v) is 4.38. The molecular formula is C14H25N3O2. The van der Waals surface area contributed by atoms with Gasteiger partial charge in [-0.15, -0.1) is 0 Å². The third kappa shape index (κ3) is 3.69. The molecule has 2 fully saturated rings. The summed E-state index contributed by atoms with van der Waals surface area (Å²) in [6, 6.07) is 0.0561. The Balaban J connectivity index is 1.82. The van der Waals surface area contributed by atoms with E-state index in [9.17, 15) is 9.59 Å². The number of piperidine rings is 2. The second-order valence-corrected chi connectivity index (χ2v) is 5.82. The Hall–Kier alpha value is -1.10. The highest BCUT2D eigenvalue weighted by atomic mass is 16.2. The van der Waals surface area contributed by atoms with Crippen LogP contribution in [0.5, 0.6) is 0 Å². The smallest absolute Gasteiger partial charge is 0.237 e. The quantitative estimate of drug-likeness (QED) is 0.783. The van der Waals surface area contributed by atoms with Crippen LogP contribution in [0.3, 0.4) is 0 Å². The molecule has 0 bridgehead atoms. The fourth-order valence-corrected chi connectivity index (χ4v) is 3.00. The van der Waals surface area contributed by atoms with Crippen LogP contribution in [0.25, 0.3) is 0 Å². The summed E-state index contributed by atoms with van der Waals surface area (Å²) in [4.78, 5) is 25.4. The first-order chi connectivity index (χ1) is 9.10. The van der Waals surface area contributed by atoms with Crippen molar-refractivity contribution in [1.82, 2.24) is 15.5 Å². The lowest BCUT2D eigenvalue weighted by molar-refractivity contribution is -0.134. The number of likely N-dealkylation sites (tertiary alicyclic amines) is 1. The number of rotatable bonds is 3. The maximum Gasteiger partial charge on any atom is 0.237 e. The van der Waals surface area contributed by atoms with Crippen molar-refractivity contribution in [2.45, 2.75) is 51.1 Å². The van der Waals surface area contributed by atoms with E-state index in [4.69, 9.17) is 0 Å². The van der Waals surface area contributed by atoms with Crippen LogP contribution in [0.1, 0.15) is 39.0 Å². The maximum atomic E-state index is 12.2. The first-order valence-corrected chi connectivity index (χ1v) is 7.38. The Morgan fingerprint density at radius 2 is 2.26 bits per heavy atom. The molecule has 0 radical (unpaired) electrons. The molecule has 2 amide bonds. The van der Waals surface area contributed by atoms with E-state index < -0.39 is 0 Å². The van der Waals surface area contributed by atoms with Crippen LogP contribution in [0.4, 0.5) is 0 Å². The zero-order valence-corrected chi connectivity index (χ0v) is 11.9. The summed E-state index contributed by atoms with van der Waals surface area (Å²) < 4.78 is 0. The molecule has 2 N–H and O–H groups in total. The Kier molecular flexibility index (Phi) is 4.80. The van der Waals surface area contributed by atoms with Crippen molar-refractivity contribution < 1.29 is 9.59 Å². The molecule has 0 aliphatic carbocycles. The molecule has 0 aromatic heterocycles. The lowest BCUT2D eigenvalue weighted by Crippen LogP contribution is -2.55. The Labute approximate surface area is 115 Å². The highest BCUT2D eigenvalue weighted by Gasteiger charge is 2.29. The lowest BCUT2D eigenvalue weighted by Gasteiger charge is -2.33. The van der Waals surface area contributed by atoms with E-state index >= 15 is 0 Å². The Morgan fingerprint density at radius 1 is 1.47 bits per heavy atom. The van der Waals surface area contributed by atoms with Gasteiger partial charge in [-0.1, -0.05) is 13.3 Å². The highest BCUT2D eigenvalue weighted by Crippen LogP contribution is 2.19. The van der Waals surface area contributed by atoms with Crippen LogP contribution >= 0.6 is 0 Å². The van der Waals surface area contributed by atoms with Crippen LogP contribution in [0, 0.1) is 5.92 Å². The van der Waals surface area contributed by atoms with Gasteiger partial charge in [-0.25, -0.2) is 0 Å². The first-order valence-electron chi connectivity index (χ1n) is 7.38. The lowest BCUT2D eigenvalue weighted by atomic mass is 9.90. The molecule has 2 aliphatic heterocycles. The molecule has 2 aliphatic rings. The normalized spacial score (nSPS) is 32.2. The molecule has 2 heterocycles. The van der Waals surface area contributed by atoms with Crippen LogP contribution in [-0.2, 0) is 9.59 Å². The van der Waals surface area contributed by atoms with Crippen molar-refractivity contribution in [3.63, 3.8) is 0 Å². The van der Waals surface area contributed by atoms with Crippen LogP contribution < -0.4 is 10.6 Å². The van der Waals surface area contributed by atoms with Crippen LogP contribution in [-0.4, -0.2) is 48.9 Å². The van der Waals surface area contributed by atoms with E-state index in [1.807, 2.05) is 0 Å². The molecule has 5 heteroatoms. The number of amides is 2. The Bertz CT molecular complexity index is 346. The molecule has 0 aromatic rings. The largest absolute Gasteiger partial charge is 0.350 e. The van der Waals surface area contributed by atoms with E-state index in [1.54, 1.807) is 11.9 Å². The second-order valence-electron chi connectivity index (χ2n) is 5.82. The van der Waals surface area contributed by atoms with E-state index in [-0.39, 0.29) is 23.9 Å². The number of hydrogen-bond donors (Lipinski definition) is 2. The summed E-state index contributed by atoms with van der Waals surface area (Å²) in [5, 5.41) is 6.39. The predicted molar refractivity (Wildman–Crippen MR) is 73.6 cm³/mol. The molecule has 19 heavy (non-hydrogen) atoms. The van der Waals surface area contributed by atoms with Gasteiger partial charge in [0.05, 0.1) is 6.04 Å². The van der Waals surface area contributed by atoms with Crippen LogP contribution in [0.2, 0.25) is 0 Å². The minimum absolute atomic E-state index is 0.0540. The molecule has 2 rings (SSSR count). The van der Waals surface area contributed by atoms with Gasteiger partial charge >= 0.3 is 0 Å². The highest BCUT2D eigenvalue weighted by molar-refractivity contribution is 5.83.